The molecule has 0 saturated carbocycles. The van der Waals surface area contributed by atoms with Gasteiger partial charge in [0.2, 0.25) is 0 Å². The molecule has 0 fully saturated rings. The first kappa shape index (κ1) is 19.5. The van der Waals surface area contributed by atoms with Crippen molar-refractivity contribution in [3.63, 3.8) is 0 Å². The van der Waals surface area contributed by atoms with E-state index in [9.17, 15) is 9.18 Å². The Morgan fingerprint density at radius 3 is 2.71 bits per heavy atom. The van der Waals surface area contributed by atoms with Crippen LogP contribution < -0.4 is 14.8 Å². The highest BCUT2D eigenvalue weighted by molar-refractivity contribution is 7.15. The average molecular weight is 431 g/mol. The highest BCUT2D eigenvalue weighted by Gasteiger charge is 2.12. The van der Waals surface area contributed by atoms with Gasteiger partial charge in [-0.1, -0.05) is 41.7 Å². The summed E-state index contributed by atoms with van der Waals surface area (Å²) in [5.74, 6) is 0.322. The number of aromatic nitrogens is 2. The summed E-state index contributed by atoms with van der Waals surface area (Å²) in [6.07, 6.45) is 1.84. The van der Waals surface area contributed by atoms with Crippen molar-refractivity contribution in [1.82, 2.24) is 9.38 Å². The summed E-state index contributed by atoms with van der Waals surface area (Å²) in [6, 6.07) is 18.0. The van der Waals surface area contributed by atoms with Gasteiger partial charge in [0.15, 0.2) is 4.96 Å². The fourth-order valence-electron chi connectivity index (χ4n) is 3.54. The highest BCUT2D eigenvalue weighted by Crippen LogP contribution is 2.21. The van der Waals surface area contributed by atoms with E-state index in [0.29, 0.717) is 20.8 Å². The number of halogens is 1. The van der Waals surface area contributed by atoms with Crippen LogP contribution in [0.2, 0.25) is 0 Å². The molecule has 4 nitrogen and oxygen atoms in total. The van der Waals surface area contributed by atoms with E-state index in [4.69, 9.17) is 4.74 Å². The largest absolute Gasteiger partial charge is 0.489 e. The molecule has 31 heavy (non-hydrogen) atoms. The van der Waals surface area contributed by atoms with Crippen LogP contribution in [-0.4, -0.2) is 9.38 Å². The highest BCUT2D eigenvalue weighted by atomic mass is 32.1. The number of hydrogen-bond acceptors (Lipinski definition) is 4. The number of thiazole rings is 1. The lowest BCUT2D eigenvalue weighted by atomic mass is 10.1. The fraction of sp³-hybridized carbons (Fsp3) is 0.120. The van der Waals surface area contributed by atoms with E-state index in [1.807, 2.05) is 56.3 Å². The third-order valence-electron chi connectivity index (χ3n) is 5.36. The fourth-order valence-corrected chi connectivity index (χ4v) is 4.53. The zero-order chi connectivity index (χ0) is 21.5. The Morgan fingerprint density at radius 2 is 1.87 bits per heavy atom. The van der Waals surface area contributed by atoms with Crippen LogP contribution in [0.15, 0.2) is 65.5 Å². The lowest BCUT2D eigenvalue weighted by molar-refractivity contribution is 0.300. The Morgan fingerprint density at radius 1 is 1.06 bits per heavy atom. The predicted octanol–water partition coefficient (Wildman–Crippen LogP) is 4.79. The van der Waals surface area contributed by atoms with Gasteiger partial charge in [0, 0.05) is 5.56 Å². The molecule has 0 aliphatic rings. The number of aryl methyl sites for hydroxylation is 2. The molecular weight excluding hydrogens is 411 g/mol. The molecule has 0 spiro atoms. The molecule has 0 aliphatic carbocycles. The lowest BCUT2D eigenvalue weighted by Crippen LogP contribution is -2.22. The summed E-state index contributed by atoms with van der Waals surface area (Å²) < 4.78 is 21.8. The molecule has 0 saturated heterocycles. The summed E-state index contributed by atoms with van der Waals surface area (Å²) in [4.78, 5) is 18.4. The van der Waals surface area contributed by atoms with Crippen molar-refractivity contribution in [2.45, 2.75) is 20.5 Å². The van der Waals surface area contributed by atoms with Gasteiger partial charge >= 0.3 is 0 Å². The van der Waals surface area contributed by atoms with Crippen LogP contribution in [0.3, 0.4) is 0 Å². The maximum Gasteiger partial charge on any atom is 0.274 e. The van der Waals surface area contributed by atoms with Crippen molar-refractivity contribution in [3.8, 4) is 5.75 Å². The van der Waals surface area contributed by atoms with Gasteiger partial charge in [0.25, 0.3) is 5.56 Å². The number of hydrogen-bond donors (Lipinski definition) is 0. The van der Waals surface area contributed by atoms with E-state index in [-0.39, 0.29) is 18.0 Å². The SMILES string of the molecule is Cc1cc2nc3s/c(=C/c4cccc(OCc5ccccc5F)c4)c(=O)n3c2cc1C. The van der Waals surface area contributed by atoms with Crippen LogP contribution in [0.4, 0.5) is 4.39 Å². The zero-order valence-corrected chi connectivity index (χ0v) is 17.9. The van der Waals surface area contributed by atoms with Crippen molar-refractivity contribution in [1.29, 1.82) is 0 Å². The van der Waals surface area contributed by atoms with Crippen LogP contribution in [0.25, 0.3) is 22.1 Å². The number of ether oxygens (including phenoxy) is 1. The molecule has 2 heterocycles. The first-order valence-corrected chi connectivity index (χ1v) is 10.7. The van der Waals surface area contributed by atoms with Gasteiger partial charge in [-0.25, -0.2) is 13.8 Å². The number of imidazole rings is 1. The second kappa shape index (κ2) is 7.63. The maximum atomic E-state index is 13.8. The quantitative estimate of drug-likeness (QED) is 0.412. The Hall–Kier alpha value is -3.51. The van der Waals surface area contributed by atoms with Crippen molar-refractivity contribution in [2.75, 3.05) is 0 Å². The molecular formula is C25H19FN2O2S. The minimum atomic E-state index is -0.291. The van der Waals surface area contributed by atoms with Gasteiger partial charge in [-0.3, -0.25) is 4.79 Å². The molecule has 0 radical (unpaired) electrons. The maximum absolute atomic E-state index is 13.8. The molecule has 5 aromatic rings. The molecule has 6 heteroatoms. The van der Waals surface area contributed by atoms with Gasteiger partial charge in [-0.15, -0.1) is 0 Å². The molecule has 0 N–H and O–H groups in total. The molecule has 0 amide bonds. The van der Waals surface area contributed by atoms with E-state index in [1.165, 1.54) is 17.4 Å². The van der Waals surface area contributed by atoms with Crippen LogP contribution in [0.1, 0.15) is 22.3 Å². The summed E-state index contributed by atoms with van der Waals surface area (Å²) in [5.41, 5.74) is 5.21. The predicted molar refractivity (Wildman–Crippen MR) is 122 cm³/mol. The van der Waals surface area contributed by atoms with Crippen molar-refractivity contribution in [3.05, 3.63) is 104 Å². The van der Waals surface area contributed by atoms with Gasteiger partial charge in [-0.2, -0.15) is 0 Å². The molecule has 0 aliphatic heterocycles. The third-order valence-corrected chi connectivity index (χ3v) is 6.33. The van der Waals surface area contributed by atoms with E-state index < -0.39 is 0 Å². The monoisotopic (exact) mass is 430 g/mol. The Bertz CT molecular complexity index is 1550. The van der Waals surface area contributed by atoms with Crippen LogP contribution in [0, 0.1) is 19.7 Å². The second-order valence-electron chi connectivity index (χ2n) is 7.52. The van der Waals surface area contributed by atoms with E-state index in [1.54, 1.807) is 22.6 Å². The van der Waals surface area contributed by atoms with Crippen LogP contribution in [0.5, 0.6) is 5.75 Å². The number of benzene rings is 3. The molecule has 2 aromatic heterocycles. The molecule has 154 valence electrons. The number of nitrogens with zero attached hydrogens (tertiary/aromatic N) is 2. The molecule has 0 bridgehead atoms. The summed E-state index contributed by atoms with van der Waals surface area (Å²) in [5, 5.41) is 0. The lowest BCUT2D eigenvalue weighted by Gasteiger charge is -2.07. The molecule has 0 unspecified atom stereocenters. The van der Waals surface area contributed by atoms with Crippen LogP contribution in [-0.2, 0) is 6.61 Å². The van der Waals surface area contributed by atoms with Gasteiger partial charge in [0.1, 0.15) is 18.2 Å². The minimum Gasteiger partial charge on any atom is -0.489 e. The molecule has 0 atom stereocenters. The van der Waals surface area contributed by atoms with Gasteiger partial charge < -0.3 is 4.74 Å². The van der Waals surface area contributed by atoms with E-state index in [0.717, 1.165) is 27.7 Å². The molecule has 5 rings (SSSR count). The topological polar surface area (TPSA) is 43.6 Å². The summed E-state index contributed by atoms with van der Waals surface area (Å²) >= 11 is 1.37. The van der Waals surface area contributed by atoms with Gasteiger partial charge in [0.05, 0.1) is 15.6 Å². The number of fused-ring (bicyclic) bond motifs is 3. The smallest absolute Gasteiger partial charge is 0.274 e. The second-order valence-corrected chi connectivity index (χ2v) is 8.53. The Kier molecular flexibility index (Phi) is 4.79. The van der Waals surface area contributed by atoms with Crippen molar-refractivity contribution < 1.29 is 9.13 Å². The van der Waals surface area contributed by atoms with Crippen molar-refractivity contribution in [2.24, 2.45) is 0 Å². The Labute approximate surface area is 181 Å². The zero-order valence-electron chi connectivity index (χ0n) is 17.1. The summed E-state index contributed by atoms with van der Waals surface area (Å²) in [7, 11) is 0. The normalized spacial score (nSPS) is 12.2. The first-order valence-electron chi connectivity index (χ1n) is 9.90. The third kappa shape index (κ3) is 3.59. The Balaban J connectivity index is 1.50. The van der Waals surface area contributed by atoms with E-state index in [2.05, 4.69) is 4.98 Å². The minimum absolute atomic E-state index is 0.0802. The molecule has 3 aromatic carbocycles. The standard InChI is InChI=1S/C25H19FN2O2S/c1-15-10-21-22(11-16(15)2)28-24(29)23(31-25(28)27-21)13-17-6-5-8-19(12-17)30-14-18-7-3-4-9-20(18)26/h3-13H,14H2,1-2H3/b23-13+. The van der Waals surface area contributed by atoms with Gasteiger partial charge in [-0.05, 0) is 66.9 Å². The summed E-state index contributed by atoms with van der Waals surface area (Å²) in [6.45, 7) is 4.21. The van der Waals surface area contributed by atoms with Crippen LogP contribution >= 0.6 is 11.3 Å². The number of rotatable bonds is 4. The first-order chi connectivity index (χ1) is 15.0. The van der Waals surface area contributed by atoms with E-state index >= 15 is 0 Å². The average Bonchev–Trinajstić information content (AvgIpc) is 3.24. The van der Waals surface area contributed by atoms with Crippen molar-refractivity contribution >= 4 is 33.4 Å².